The highest BCUT2D eigenvalue weighted by atomic mass is 16.2. The van der Waals surface area contributed by atoms with Crippen LogP contribution in [0, 0.1) is 0 Å². The number of rotatable bonds is 3. The van der Waals surface area contributed by atoms with Gasteiger partial charge in [0.25, 0.3) is 5.91 Å². The fourth-order valence-corrected chi connectivity index (χ4v) is 0.779. The first-order valence-electron chi connectivity index (χ1n) is 4.02. The van der Waals surface area contributed by atoms with E-state index in [1.165, 1.54) is 6.20 Å². The summed E-state index contributed by atoms with van der Waals surface area (Å²) in [5, 5.41) is 9.94. The van der Waals surface area contributed by atoms with E-state index in [1.54, 1.807) is 12.1 Å². The number of carbonyl (C=O) groups is 1. The van der Waals surface area contributed by atoms with E-state index in [9.17, 15) is 4.79 Å². The molecule has 1 aromatic rings. The monoisotopic (exact) mass is 180 g/mol. The lowest BCUT2D eigenvalue weighted by Crippen LogP contribution is -2.38. The molecule has 0 saturated heterocycles. The maximum atomic E-state index is 11.3. The quantitative estimate of drug-likeness (QED) is 0.660. The molecule has 5 nitrogen and oxygen atoms in total. The van der Waals surface area contributed by atoms with E-state index in [4.69, 9.17) is 5.73 Å². The van der Waals surface area contributed by atoms with Gasteiger partial charge < -0.3 is 11.1 Å². The van der Waals surface area contributed by atoms with Crippen LogP contribution in [-0.2, 0) is 0 Å². The summed E-state index contributed by atoms with van der Waals surface area (Å²) >= 11 is 0. The average molecular weight is 180 g/mol. The Balaban J connectivity index is 2.59. The Morgan fingerprint density at radius 2 is 2.54 bits per heavy atom. The summed E-state index contributed by atoms with van der Waals surface area (Å²) in [6.45, 7) is 2.24. The molecule has 1 rings (SSSR count). The van der Waals surface area contributed by atoms with E-state index in [1.807, 2.05) is 6.92 Å². The molecular weight excluding hydrogens is 168 g/mol. The first kappa shape index (κ1) is 9.60. The summed E-state index contributed by atoms with van der Waals surface area (Å²) in [4.78, 5) is 11.3. The second-order valence-electron chi connectivity index (χ2n) is 2.72. The average Bonchev–Trinajstić information content (AvgIpc) is 2.19. The van der Waals surface area contributed by atoms with Crippen molar-refractivity contribution >= 4 is 5.91 Å². The highest BCUT2D eigenvalue weighted by Gasteiger charge is 2.08. The topological polar surface area (TPSA) is 80.9 Å². The molecule has 1 atom stereocenters. The number of hydrogen-bond donors (Lipinski definition) is 2. The Morgan fingerprint density at radius 1 is 1.77 bits per heavy atom. The lowest BCUT2D eigenvalue weighted by atomic mass is 10.3. The lowest BCUT2D eigenvalue weighted by molar-refractivity contribution is 0.0935. The summed E-state index contributed by atoms with van der Waals surface area (Å²) in [5.41, 5.74) is 5.66. The zero-order valence-electron chi connectivity index (χ0n) is 7.40. The van der Waals surface area contributed by atoms with Gasteiger partial charge in [-0.1, -0.05) is 0 Å². The highest BCUT2D eigenvalue weighted by molar-refractivity contribution is 5.92. The van der Waals surface area contributed by atoms with Crippen LogP contribution in [-0.4, -0.2) is 28.7 Å². The van der Waals surface area contributed by atoms with Gasteiger partial charge in [0.15, 0.2) is 5.69 Å². The van der Waals surface area contributed by atoms with Crippen molar-refractivity contribution in [1.82, 2.24) is 15.5 Å². The molecular formula is C8H12N4O. The second kappa shape index (κ2) is 4.51. The van der Waals surface area contributed by atoms with Crippen LogP contribution in [0.3, 0.4) is 0 Å². The van der Waals surface area contributed by atoms with Crippen molar-refractivity contribution < 1.29 is 4.79 Å². The third-order valence-corrected chi connectivity index (χ3v) is 1.54. The fourth-order valence-electron chi connectivity index (χ4n) is 0.779. The van der Waals surface area contributed by atoms with Crippen molar-refractivity contribution in [2.45, 2.75) is 13.0 Å². The number of amides is 1. The second-order valence-corrected chi connectivity index (χ2v) is 2.72. The summed E-state index contributed by atoms with van der Waals surface area (Å²) in [7, 11) is 0. The number of nitrogens with one attached hydrogen (secondary N) is 1. The van der Waals surface area contributed by atoms with Crippen molar-refractivity contribution in [3.05, 3.63) is 24.0 Å². The van der Waals surface area contributed by atoms with Crippen LogP contribution in [0.25, 0.3) is 0 Å². The Hall–Kier alpha value is -1.49. The standard InChI is InChI=1S/C8H12N4O/c1-6(5-9)11-8(13)7-3-2-4-10-12-7/h2-4,6H,5,9H2,1H3,(H,11,13). The van der Waals surface area contributed by atoms with Crippen LogP contribution in [0.2, 0.25) is 0 Å². The molecule has 1 heterocycles. The molecule has 0 radical (unpaired) electrons. The Morgan fingerprint density at radius 3 is 3.08 bits per heavy atom. The van der Waals surface area contributed by atoms with Gasteiger partial charge in [0.05, 0.1) is 0 Å². The molecule has 0 saturated carbocycles. The van der Waals surface area contributed by atoms with Gasteiger partial charge in [-0.25, -0.2) is 0 Å². The van der Waals surface area contributed by atoms with Crippen molar-refractivity contribution in [1.29, 1.82) is 0 Å². The van der Waals surface area contributed by atoms with E-state index in [2.05, 4.69) is 15.5 Å². The minimum atomic E-state index is -0.244. The van der Waals surface area contributed by atoms with Crippen LogP contribution in [0.1, 0.15) is 17.4 Å². The van der Waals surface area contributed by atoms with Crippen LogP contribution in [0.15, 0.2) is 18.3 Å². The molecule has 3 N–H and O–H groups in total. The van der Waals surface area contributed by atoms with E-state index in [0.29, 0.717) is 12.2 Å². The molecule has 0 aromatic carbocycles. The Kier molecular flexibility index (Phi) is 3.33. The number of hydrogen-bond acceptors (Lipinski definition) is 4. The van der Waals surface area contributed by atoms with Gasteiger partial charge in [-0.2, -0.15) is 5.10 Å². The largest absolute Gasteiger partial charge is 0.347 e. The molecule has 70 valence electrons. The minimum Gasteiger partial charge on any atom is -0.347 e. The molecule has 0 aliphatic rings. The van der Waals surface area contributed by atoms with Crippen LogP contribution in [0.5, 0.6) is 0 Å². The predicted molar refractivity (Wildman–Crippen MR) is 48.0 cm³/mol. The Labute approximate surface area is 76.4 Å². The third kappa shape index (κ3) is 2.79. The van der Waals surface area contributed by atoms with Crippen molar-refractivity contribution in [2.24, 2.45) is 5.73 Å². The molecule has 1 amide bonds. The van der Waals surface area contributed by atoms with E-state index in [-0.39, 0.29) is 11.9 Å². The van der Waals surface area contributed by atoms with E-state index in [0.717, 1.165) is 0 Å². The fraction of sp³-hybridized carbons (Fsp3) is 0.375. The molecule has 0 fully saturated rings. The molecule has 5 heteroatoms. The third-order valence-electron chi connectivity index (χ3n) is 1.54. The normalized spacial score (nSPS) is 12.2. The first-order valence-corrected chi connectivity index (χ1v) is 4.02. The molecule has 13 heavy (non-hydrogen) atoms. The predicted octanol–water partition coefficient (Wildman–Crippen LogP) is -0.446. The van der Waals surface area contributed by atoms with Crippen molar-refractivity contribution in [3.8, 4) is 0 Å². The summed E-state index contributed by atoms with van der Waals surface area (Å²) in [6.07, 6.45) is 1.52. The number of carbonyl (C=O) groups excluding carboxylic acids is 1. The molecule has 0 spiro atoms. The summed E-state index contributed by atoms with van der Waals surface area (Å²) in [6, 6.07) is 3.22. The molecule has 1 unspecified atom stereocenters. The SMILES string of the molecule is CC(CN)NC(=O)c1cccnn1. The van der Waals surface area contributed by atoms with Gasteiger partial charge in [-0.3, -0.25) is 4.79 Å². The van der Waals surface area contributed by atoms with Gasteiger partial charge >= 0.3 is 0 Å². The van der Waals surface area contributed by atoms with Crippen LogP contribution < -0.4 is 11.1 Å². The van der Waals surface area contributed by atoms with Crippen LogP contribution >= 0.6 is 0 Å². The van der Waals surface area contributed by atoms with Crippen LogP contribution in [0.4, 0.5) is 0 Å². The molecule has 0 aliphatic heterocycles. The zero-order valence-corrected chi connectivity index (χ0v) is 7.40. The first-order chi connectivity index (χ1) is 6.24. The number of nitrogens with zero attached hydrogens (tertiary/aromatic N) is 2. The van der Waals surface area contributed by atoms with Gasteiger partial charge in [-0.15, -0.1) is 5.10 Å². The van der Waals surface area contributed by atoms with Gasteiger partial charge in [0.1, 0.15) is 0 Å². The van der Waals surface area contributed by atoms with E-state index < -0.39 is 0 Å². The maximum Gasteiger partial charge on any atom is 0.272 e. The number of aromatic nitrogens is 2. The number of nitrogens with two attached hydrogens (primary N) is 1. The molecule has 0 bridgehead atoms. The highest BCUT2D eigenvalue weighted by Crippen LogP contribution is 1.91. The van der Waals surface area contributed by atoms with Gasteiger partial charge in [0, 0.05) is 18.8 Å². The van der Waals surface area contributed by atoms with Gasteiger partial charge in [0.2, 0.25) is 0 Å². The Bertz CT molecular complexity index is 275. The summed E-state index contributed by atoms with van der Waals surface area (Å²) in [5.74, 6) is -0.244. The van der Waals surface area contributed by atoms with E-state index >= 15 is 0 Å². The van der Waals surface area contributed by atoms with Crippen molar-refractivity contribution in [3.63, 3.8) is 0 Å². The minimum absolute atomic E-state index is 0.0468. The summed E-state index contributed by atoms with van der Waals surface area (Å²) < 4.78 is 0. The molecule has 0 aliphatic carbocycles. The smallest absolute Gasteiger partial charge is 0.272 e. The lowest BCUT2D eigenvalue weighted by Gasteiger charge is -2.09. The molecule has 1 aromatic heterocycles. The zero-order chi connectivity index (χ0) is 9.68. The van der Waals surface area contributed by atoms with Crippen molar-refractivity contribution in [2.75, 3.05) is 6.54 Å². The van der Waals surface area contributed by atoms with Gasteiger partial charge in [-0.05, 0) is 19.1 Å². The maximum absolute atomic E-state index is 11.3.